The zero-order valence-corrected chi connectivity index (χ0v) is 10.5. The van der Waals surface area contributed by atoms with Crippen LogP contribution < -0.4 is 11.1 Å². The normalized spacial score (nSPS) is 23.6. The van der Waals surface area contributed by atoms with E-state index in [1.54, 1.807) is 0 Å². The highest BCUT2D eigenvalue weighted by atomic mass is 16.5. The van der Waals surface area contributed by atoms with Crippen LogP contribution in [0.2, 0.25) is 0 Å². The molecule has 1 heterocycles. The van der Waals surface area contributed by atoms with Crippen LogP contribution in [0.3, 0.4) is 0 Å². The molecule has 0 saturated carbocycles. The molecule has 1 aliphatic heterocycles. The smallest absolute Gasteiger partial charge is 0.226 e. The van der Waals surface area contributed by atoms with Gasteiger partial charge in [0.05, 0.1) is 12.0 Å². The minimum atomic E-state index is -0.127. The Bertz CT molecular complexity index is 381. The van der Waals surface area contributed by atoms with Crippen LogP contribution in [0.25, 0.3) is 0 Å². The molecule has 0 bridgehead atoms. The Morgan fingerprint density at radius 2 is 2.17 bits per heavy atom. The van der Waals surface area contributed by atoms with E-state index in [9.17, 15) is 4.79 Å². The third-order valence-electron chi connectivity index (χ3n) is 3.23. The van der Waals surface area contributed by atoms with Crippen LogP contribution >= 0.6 is 0 Å². The van der Waals surface area contributed by atoms with Crippen LogP contribution in [-0.4, -0.2) is 25.6 Å². The van der Waals surface area contributed by atoms with Crippen molar-refractivity contribution in [3.8, 4) is 0 Å². The topological polar surface area (TPSA) is 64.3 Å². The molecule has 0 spiro atoms. The van der Waals surface area contributed by atoms with Crippen LogP contribution in [-0.2, 0) is 9.53 Å². The minimum Gasteiger partial charge on any atom is -0.373 e. The molecule has 1 aliphatic rings. The van der Waals surface area contributed by atoms with Crippen molar-refractivity contribution in [2.45, 2.75) is 18.9 Å². The molecule has 0 aliphatic carbocycles. The number of nitrogens with two attached hydrogens (primary N) is 1. The lowest BCUT2D eigenvalue weighted by Gasteiger charge is -2.31. The summed E-state index contributed by atoms with van der Waals surface area (Å²) < 4.78 is 5.79. The maximum Gasteiger partial charge on any atom is 0.226 e. The zero-order valence-electron chi connectivity index (χ0n) is 10.5. The van der Waals surface area contributed by atoms with Crippen LogP contribution in [0.15, 0.2) is 30.3 Å². The standard InChI is InChI=1S/C14H20N2O2/c15-8-9-16-14(17)12-7-4-10-18-13(12)11-5-2-1-3-6-11/h1-3,5-6,12-13H,4,7-10,15H2,(H,16,17). The predicted octanol–water partition coefficient (Wildman–Crippen LogP) is 1.23. The fraction of sp³-hybridized carbons (Fsp3) is 0.500. The Morgan fingerprint density at radius 3 is 2.89 bits per heavy atom. The molecule has 1 aromatic rings. The molecular weight excluding hydrogens is 228 g/mol. The minimum absolute atomic E-state index is 0.0500. The first-order chi connectivity index (χ1) is 8.83. The number of nitrogens with one attached hydrogen (secondary N) is 1. The second-order valence-electron chi connectivity index (χ2n) is 4.53. The Kier molecular flexibility index (Phi) is 4.73. The van der Waals surface area contributed by atoms with Crippen LogP contribution in [0.4, 0.5) is 0 Å². The number of carbonyl (C=O) groups excluding carboxylic acids is 1. The summed E-state index contributed by atoms with van der Waals surface area (Å²) >= 11 is 0. The van der Waals surface area contributed by atoms with Gasteiger partial charge in [0.2, 0.25) is 5.91 Å². The molecule has 2 rings (SSSR count). The van der Waals surface area contributed by atoms with E-state index in [0.29, 0.717) is 13.1 Å². The van der Waals surface area contributed by atoms with Crippen molar-refractivity contribution in [1.29, 1.82) is 0 Å². The molecule has 1 amide bonds. The van der Waals surface area contributed by atoms with E-state index in [4.69, 9.17) is 10.5 Å². The molecule has 18 heavy (non-hydrogen) atoms. The fourth-order valence-corrected chi connectivity index (χ4v) is 2.35. The number of carbonyl (C=O) groups is 1. The fourth-order valence-electron chi connectivity index (χ4n) is 2.35. The highest BCUT2D eigenvalue weighted by Gasteiger charge is 2.32. The first-order valence-electron chi connectivity index (χ1n) is 6.47. The van der Waals surface area contributed by atoms with Gasteiger partial charge >= 0.3 is 0 Å². The summed E-state index contributed by atoms with van der Waals surface area (Å²) in [4.78, 5) is 12.1. The summed E-state index contributed by atoms with van der Waals surface area (Å²) in [6, 6.07) is 9.94. The Morgan fingerprint density at radius 1 is 1.39 bits per heavy atom. The zero-order chi connectivity index (χ0) is 12.8. The lowest BCUT2D eigenvalue weighted by molar-refractivity contribution is -0.134. The SMILES string of the molecule is NCCNC(=O)C1CCCOC1c1ccccc1. The van der Waals surface area contributed by atoms with Gasteiger partial charge in [-0.15, -0.1) is 0 Å². The van der Waals surface area contributed by atoms with Crippen molar-refractivity contribution in [3.05, 3.63) is 35.9 Å². The first kappa shape index (κ1) is 13.1. The molecule has 98 valence electrons. The van der Waals surface area contributed by atoms with Crippen LogP contribution in [0.1, 0.15) is 24.5 Å². The van der Waals surface area contributed by atoms with Gasteiger partial charge in [0.15, 0.2) is 0 Å². The summed E-state index contributed by atoms with van der Waals surface area (Å²) in [6.45, 7) is 1.71. The van der Waals surface area contributed by atoms with Crippen molar-refractivity contribution in [2.24, 2.45) is 11.7 Å². The van der Waals surface area contributed by atoms with E-state index in [2.05, 4.69) is 5.32 Å². The number of ether oxygens (including phenoxy) is 1. The van der Waals surface area contributed by atoms with Gasteiger partial charge < -0.3 is 15.8 Å². The van der Waals surface area contributed by atoms with Gasteiger partial charge in [-0.2, -0.15) is 0 Å². The number of amides is 1. The van der Waals surface area contributed by atoms with E-state index in [-0.39, 0.29) is 17.9 Å². The summed E-state index contributed by atoms with van der Waals surface area (Å²) in [5, 5.41) is 2.86. The van der Waals surface area contributed by atoms with Crippen molar-refractivity contribution >= 4 is 5.91 Å². The quantitative estimate of drug-likeness (QED) is 0.842. The van der Waals surface area contributed by atoms with E-state index < -0.39 is 0 Å². The van der Waals surface area contributed by atoms with Crippen molar-refractivity contribution < 1.29 is 9.53 Å². The number of hydrogen-bond acceptors (Lipinski definition) is 3. The molecule has 1 fully saturated rings. The van der Waals surface area contributed by atoms with E-state index in [1.165, 1.54) is 0 Å². The average molecular weight is 248 g/mol. The lowest BCUT2D eigenvalue weighted by Crippen LogP contribution is -2.39. The van der Waals surface area contributed by atoms with E-state index >= 15 is 0 Å². The maximum atomic E-state index is 12.1. The number of benzene rings is 1. The average Bonchev–Trinajstić information content (AvgIpc) is 2.45. The summed E-state index contributed by atoms with van der Waals surface area (Å²) in [6.07, 6.45) is 1.68. The molecular formula is C14H20N2O2. The molecule has 4 nitrogen and oxygen atoms in total. The van der Waals surface area contributed by atoms with Gasteiger partial charge in [-0.1, -0.05) is 30.3 Å². The molecule has 1 aromatic carbocycles. The predicted molar refractivity (Wildman–Crippen MR) is 69.9 cm³/mol. The van der Waals surface area contributed by atoms with Crippen LogP contribution in [0.5, 0.6) is 0 Å². The Hall–Kier alpha value is -1.39. The van der Waals surface area contributed by atoms with Gasteiger partial charge in [0, 0.05) is 19.7 Å². The monoisotopic (exact) mass is 248 g/mol. The summed E-state index contributed by atoms with van der Waals surface area (Å²) in [5.41, 5.74) is 6.48. The second kappa shape index (κ2) is 6.52. The van der Waals surface area contributed by atoms with E-state index in [0.717, 1.165) is 25.0 Å². The van der Waals surface area contributed by atoms with E-state index in [1.807, 2.05) is 30.3 Å². The van der Waals surface area contributed by atoms with Crippen molar-refractivity contribution in [2.75, 3.05) is 19.7 Å². The molecule has 4 heteroatoms. The molecule has 1 saturated heterocycles. The molecule has 2 atom stereocenters. The Labute approximate surface area is 108 Å². The highest BCUT2D eigenvalue weighted by molar-refractivity contribution is 5.79. The second-order valence-corrected chi connectivity index (χ2v) is 4.53. The largest absolute Gasteiger partial charge is 0.373 e. The molecule has 0 radical (unpaired) electrons. The van der Waals surface area contributed by atoms with Crippen molar-refractivity contribution in [1.82, 2.24) is 5.32 Å². The molecule has 3 N–H and O–H groups in total. The van der Waals surface area contributed by atoms with Gasteiger partial charge in [-0.3, -0.25) is 4.79 Å². The summed E-state index contributed by atoms with van der Waals surface area (Å²) in [5.74, 6) is -0.0540. The maximum absolute atomic E-state index is 12.1. The molecule has 0 aromatic heterocycles. The highest BCUT2D eigenvalue weighted by Crippen LogP contribution is 2.33. The van der Waals surface area contributed by atoms with Gasteiger partial charge in [0.25, 0.3) is 0 Å². The van der Waals surface area contributed by atoms with Gasteiger partial charge in [-0.25, -0.2) is 0 Å². The molecule has 2 unspecified atom stereocenters. The number of hydrogen-bond donors (Lipinski definition) is 2. The van der Waals surface area contributed by atoms with Crippen molar-refractivity contribution in [3.63, 3.8) is 0 Å². The number of rotatable bonds is 4. The summed E-state index contributed by atoms with van der Waals surface area (Å²) in [7, 11) is 0. The van der Waals surface area contributed by atoms with Gasteiger partial charge in [-0.05, 0) is 18.4 Å². The Balaban J connectivity index is 2.09. The first-order valence-corrected chi connectivity index (χ1v) is 6.47. The van der Waals surface area contributed by atoms with Gasteiger partial charge in [0.1, 0.15) is 0 Å². The third kappa shape index (κ3) is 3.09. The lowest BCUT2D eigenvalue weighted by atomic mass is 9.89. The van der Waals surface area contributed by atoms with Crippen LogP contribution in [0, 0.1) is 5.92 Å². The third-order valence-corrected chi connectivity index (χ3v) is 3.23.